The van der Waals surface area contributed by atoms with Crippen LogP contribution in [0.1, 0.15) is 5.56 Å². The average molecular weight is 462 g/mol. The van der Waals surface area contributed by atoms with Gasteiger partial charge in [0.1, 0.15) is 5.82 Å². The normalized spacial score (nSPS) is 14.1. The highest BCUT2D eigenvalue weighted by molar-refractivity contribution is 6.43. The molecule has 0 spiro atoms. The SMILES string of the molecule is Fc1ccc(Nc2nc(N/N=C\c3cccc(Cl)c3Cl)nc(N3CCOCC3)n2)cc1. The largest absolute Gasteiger partial charge is 0.378 e. The molecule has 1 fully saturated rings. The van der Waals surface area contributed by atoms with Crippen LogP contribution in [0.25, 0.3) is 0 Å². The summed E-state index contributed by atoms with van der Waals surface area (Å²) in [4.78, 5) is 15.3. The van der Waals surface area contributed by atoms with E-state index in [0.717, 1.165) is 0 Å². The third kappa shape index (κ3) is 5.57. The lowest BCUT2D eigenvalue weighted by Crippen LogP contribution is -2.37. The van der Waals surface area contributed by atoms with Gasteiger partial charge in [-0.05, 0) is 30.3 Å². The Morgan fingerprint density at radius 1 is 1.00 bits per heavy atom. The lowest BCUT2D eigenvalue weighted by atomic mass is 10.2. The molecule has 160 valence electrons. The number of anilines is 4. The van der Waals surface area contributed by atoms with Gasteiger partial charge in [-0.3, -0.25) is 0 Å². The van der Waals surface area contributed by atoms with Crippen molar-refractivity contribution in [3.8, 4) is 0 Å². The van der Waals surface area contributed by atoms with Crippen molar-refractivity contribution >= 4 is 52.9 Å². The highest BCUT2D eigenvalue weighted by Crippen LogP contribution is 2.24. The van der Waals surface area contributed by atoms with E-state index >= 15 is 0 Å². The molecule has 2 heterocycles. The lowest BCUT2D eigenvalue weighted by Gasteiger charge is -2.27. The summed E-state index contributed by atoms with van der Waals surface area (Å²) >= 11 is 12.2. The number of nitrogens with one attached hydrogen (secondary N) is 2. The van der Waals surface area contributed by atoms with Crippen LogP contribution < -0.4 is 15.6 Å². The van der Waals surface area contributed by atoms with Gasteiger partial charge in [0.25, 0.3) is 0 Å². The molecule has 0 unspecified atom stereocenters. The molecule has 11 heteroatoms. The second kappa shape index (κ2) is 9.86. The predicted octanol–water partition coefficient (Wildman–Crippen LogP) is 4.34. The van der Waals surface area contributed by atoms with Gasteiger partial charge in [-0.15, -0.1) is 0 Å². The van der Waals surface area contributed by atoms with Crippen LogP contribution in [-0.2, 0) is 4.74 Å². The Balaban J connectivity index is 1.58. The molecule has 8 nitrogen and oxygen atoms in total. The monoisotopic (exact) mass is 461 g/mol. The third-order valence-corrected chi connectivity index (χ3v) is 5.20. The molecule has 0 saturated carbocycles. The molecular formula is C20H18Cl2FN7O. The molecular weight excluding hydrogens is 444 g/mol. The minimum Gasteiger partial charge on any atom is -0.378 e. The number of ether oxygens (including phenoxy) is 1. The lowest BCUT2D eigenvalue weighted by molar-refractivity contribution is 0.122. The van der Waals surface area contributed by atoms with Crippen LogP contribution in [0, 0.1) is 5.82 Å². The van der Waals surface area contributed by atoms with Crippen LogP contribution in [0.5, 0.6) is 0 Å². The molecule has 1 saturated heterocycles. The molecule has 0 radical (unpaired) electrons. The van der Waals surface area contributed by atoms with E-state index in [4.69, 9.17) is 27.9 Å². The predicted molar refractivity (Wildman–Crippen MR) is 120 cm³/mol. The molecule has 1 aliphatic rings. The number of morpholine rings is 1. The molecule has 0 atom stereocenters. The second-order valence-electron chi connectivity index (χ2n) is 6.53. The van der Waals surface area contributed by atoms with Crippen molar-refractivity contribution in [1.82, 2.24) is 15.0 Å². The number of hydrazone groups is 1. The molecule has 0 bridgehead atoms. The van der Waals surface area contributed by atoms with Crippen LogP contribution in [-0.4, -0.2) is 47.5 Å². The summed E-state index contributed by atoms with van der Waals surface area (Å²) in [6.45, 7) is 2.48. The summed E-state index contributed by atoms with van der Waals surface area (Å²) in [5.74, 6) is 0.671. The molecule has 4 rings (SSSR count). The Morgan fingerprint density at radius 2 is 1.74 bits per heavy atom. The molecule has 1 aliphatic heterocycles. The Bertz CT molecular complexity index is 1080. The van der Waals surface area contributed by atoms with Crippen LogP contribution in [0.15, 0.2) is 47.6 Å². The fourth-order valence-electron chi connectivity index (χ4n) is 2.82. The van der Waals surface area contributed by atoms with E-state index in [1.165, 1.54) is 18.3 Å². The second-order valence-corrected chi connectivity index (χ2v) is 7.31. The van der Waals surface area contributed by atoms with Crippen molar-refractivity contribution in [3.63, 3.8) is 0 Å². The first-order valence-electron chi connectivity index (χ1n) is 9.43. The van der Waals surface area contributed by atoms with Crippen LogP contribution >= 0.6 is 23.2 Å². The summed E-state index contributed by atoms with van der Waals surface area (Å²) in [6.07, 6.45) is 1.53. The van der Waals surface area contributed by atoms with Crippen LogP contribution in [0.2, 0.25) is 10.0 Å². The van der Waals surface area contributed by atoms with Crippen molar-refractivity contribution < 1.29 is 9.13 Å². The summed E-state index contributed by atoms with van der Waals surface area (Å²) in [5.41, 5.74) is 4.09. The van der Waals surface area contributed by atoms with Crippen LogP contribution in [0.4, 0.5) is 27.9 Å². The van der Waals surface area contributed by atoms with Gasteiger partial charge in [-0.1, -0.05) is 35.3 Å². The van der Waals surface area contributed by atoms with Crippen molar-refractivity contribution in [2.24, 2.45) is 5.10 Å². The Morgan fingerprint density at radius 3 is 2.52 bits per heavy atom. The van der Waals surface area contributed by atoms with Gasteiger partial charge in [0.2, 0.25) is 17.8 Å². The van der Waals surface area contributed by atoms with E-state index in [-0.39, 0.29) is 11.8 Å². The van der Waals surface area contributed by atoms with E-state index in [9.17, 15) is 4.39 Å². The average Bonchev–Trinajstić information content (AvgIpc) is 2.79. The van der Waals surface area contributed by atoms with Crippen molar-refractivity contribution in [2.75, 3.05) is 41.9 Å². The first kappa shape index (κ1) is 21.2. The fraction of sp³-hybridized carbons (Fsp3) is 0.200. The number of aromatic nitrogens is 3. The molecule has 0 aliphatic carbocycles. The zero-order chi connectivity index (χ0) is 21.6. The summed E-state index contributed by atoms with van der Waals surface area (Å²) in [7, 11) is 0. The van der Waals surface area contributed by atoms with Gasteiger partial charge in [0.15, 0.2) is 0 Å². The van der Waals surface area contributed by atoms with Gasteiger partial charge in [0.05, 0.1) is 29.5 Å². The zero-order valence-electron chi connectivity index (χ0n) is 16.2. The Labute approximate surface area is 188 Å². The number of benzene rings is 2. The summed E-state index contributed by atoms with van der Waals surface area (Å²) in [5, 5.41) is 8.06. The number of hydrogen-bond donors (Lipinski definition) is 2. The van der Waals surface area contributed by atoms with E-state index in [1.54, 1.807) is 30.3 Å². The van der Waals surface area contributed by atoms with Crippen LogP contribution in [0.3, 0.4) is 0 Å². The highest BCUT2D eigenvalue weighted by Gasteiger charge is 2.17. The number of hydrogen-bond acceptors (Lipinski definition) is 8. The molecule has 2 N–H and O–H groups in total. The minimum atomic E-state index is -0.327. The standard InChI is InChI=1S/C20H18Cl2FN7O/c21-16-3-1-2-13(17(16)22)12-24-29-19-26-18(25-15-6-4-14(23)5-7-15)27-20(28-19)30-8-10-31-11-9-30/h1-7,12H,8-11H2,(H2,25,26,27,28,29)/b24-12-. The zero-order valence-corrected chi connectivity index (χ0v) is 17.7. The summed E-state index contributed by atoms with van der Waals surface area (Å²) < 4.78 is 18.6. The van der Waals surface area contributed by atoms with Gasteiger partial charge < -0.3 is 15.0 Å². The van der Waals surface area contributed by atoms with Gasteiger partial charge in [-0.2, -0.15) is 20.1 Å². The van der Waals surface area contributed by atoms with E-state index in [0.29, 0.717) is 59.5 Å². The molecule has 31 heavy (non-hydrogen) atoms. The van der Waals surface area contributed by atoms with Gasteiger partial charge in [-0.25, -0.2) is 9.82 Å². The summed E-state index contributed by atoms with van der Waals surface area (Å²) in [6, 6.07) is 11.2. The minimum absolute atomic E-state index is 0.232. The van der Waals surface area contributed by atoms with E-state index in [1.807, 2.05) is 4.90 Å². The third-order valence-electron chi connectivity index (χ3n) is 4.37. The maximum absolute atomic E-state index is 13.2. The molecule has 2 aromatic carbocycles. The Hall–Kier alpha value is -3.01. The number of nitrogens with zero attached hydrogens (tertiary/aromatic N) is 5. The van der Waals surface area contributed by atoms with E-state index < -0.39 is 0 Å². The van der Waals surface area contributed by atoms with Crippen molar-refractivity contribution in [1.29, 1.82) is 0 Å². The number of rotatable bonds is 6. The maximum Gasteiger partial charge on any atom is 0.250 e. The first-order valence-corrected chi connectivity index (χ1v) is 10.2. The Kier molecular flexibility index (Phi) is 6.76. The highest BCUT2D eigenvalue weighted by atomic mass is 35.5. The van der Waals surface area contributed by atoms with Gasteiger partial charge in [0, 0.05) is 24.3 Å². The maximum atomic E-state index is 13.2. The smallest absolute Gasteiger partial charge is 0.250 e. The molecule has 1 aromatic heterocycles. The topological polar surface area (TPSA) is 87.6 Å². The fourth-order valence-corrected chi connectivity index (χ4v) is 3.17. The molecule has 0 amide bonds. The quantitative estimate of drug-likeness (QED) is 0.416. The molecule has 3 aromatic rings. The van der Waals surface area contributed by atoms with E-state index in [2.05, 4.69) is 30.8 Å². The van der Waals surface area contributed by atoms with Gasteiger partial charge >= 0.3 is 0 Å². The number of halogens is 3. The van der Waals surface area contributed by atoms with Crippen molar-refractivity contribution in [2.45, 2.75) is 0 Å². The van der Waals surface area contributed by atoms with Crippen molar-refractivity contribution in [3.05, 3.63) is 63.9 Å². The first-order chi connectivity index (χ1) is 15.1.